The van der Waals surface area contributed by atoms with Crippen molar-refractivity contribution in [2.45, 2.75) is 6.61 Å². The highest BCUT2D eigenvalue weighted by atomic mass is 35.5. The predicted molar refractivity (Wildman–Crippen MR) is 63.8 cm³/mol. The Labute approximate surface area is 103 Å². The Morgan fingerprint density at radius 1 is 1.18 bits per heavy atom. The minimum absolute atomic E-state index is 0.0645. The standard InChI is InChI=1S/C13H10ClFO2/c14-12-5-4-11(7-13(12)15)17-8-9-2-1-3-10(16)6-9/h1-7,16H,8H2. The van der Waals surface area contributed by atoms with Crippen LogP contribution in [-0.4, -0.2) is 5.11 Å². The second kappa shape index (κ2) is 5.06. The first kappa shape index (κ1) is 11.7. The molecule has 0 aliphatic carbocycles. The number of ether oxygens (including phenoxy) is 1. The van der Waals surface area contributed by atoms with E-state index in [1.54, 1.807) is 24.3 Å². The zero-order chi connectivity index (χ0) is 12.3. The fourth-order valence-corrected chi connectivity index (χ4v) is 1.50. The lowest BCUT2D eigenvalue weighted by atomic mass is 10.2. The van der Waals surface area contributed by atoms with E-state index in [9.17, 15) is 9.50 Å². The van der Waals surface area contributed by atoms with E-state index in [1.165, 1.54) is 12.1 Å². The lowest BCUT2D eigenvalue weighted by Crippen LogP contribution is -1.95. The Morgan fingerprint density at radius 3 is 2.71 bits per heavy atom. The summed E-state index contributed by atoms with van der Waals surface area (Å²) in [5, 5.41) is 9.32. The zero-order valence-corrected chi connectivity index (χ0v) is 9.62. The van der Waals surface area contributed by atoms with Crippen LogP contribution >= 0.6 is 11.6 Å². The quantitative estimate of drug-likeness (QED) is 0.901. The molecule has 2 aromatic rings. The van der Waals surface area contributed by atoms with Crippen LogP contribution in [0.2, 0.25) is 5.02 Å². The molecule has 2 nitrogen and oxygen atoms in total. The van der Waals surface area contributed by atoms with E-state index < -0.39 is 5.82 Å². The van der Waals surface area contributed by atoms with Crippen molar-refractivity contribution in [3.8, 4) is 11.5 Å². The molecule has 17 heavy (non-hydrogen) atoms. The fraction of sp³-hybridized carbons (Fsp3) is 0.0769. The van der Waals surface area contributed by atoms with Gasteiger partial charge in [-0.1, -0.05) is 23.7 Å². The molecular weight excluding hydrogens is 243 g/mol. The zero-order valence-electron chi connectivity index (χ0n) is 8.86. The monoisotopic (exact) mass is 252 g/mol. The third-order valence-corrected chi connectivity index (χ3v) is 2.51. The molecule has 2 aromatic carbocycles. The van der Waals surface area contributed by atoms with Crippen molar-refractivity contribution in [1.82, 2.24) is 0 Å². The molecule has 0 amide bonds. The largest absolute Gasteiger partial charge is 0.508 e. The van der Waals surface area contributed by atoms with Gasteiger partial charge in [0.15, 0.2) is 0 Å². The van der Waals surface area contributed by atoms with Crippen molar-refractivity contribution >= 4 is 11.6 Å². The first-order chi connectivity index (χ1) is 8.15. The summed E-state index contributed by atoms with van der Waals surface area (Å²) in [4.78, 5) is 0. The van der Waals surface area contributed by atoms with Gasteiger partial charge in [0, 0.05) is 6.07 Å². The van der Waals surface area contributed by atoms with Gasteiger partial charge in [-0.3, -0.25) is 0 Å². The molecule has 0 heterocycles. The molecule has 0 atom stereocenters. The molecule has 0 bridgehead atoms. The summed E-state index contributed by atoms with van der Waals surface area (Å²) < 4.78 is 18.5. The van der Waals surface area contributed by atoms with Gasteiger partial charge < -0.3 is 9.84 Å². The molecule has 0 spiro atoms. The maximum atomic E-state index is 13.1. The first-order valence-corrected chi connectivity index (χ1v) is 5.39. The number of phenols is 1. The predicted octanol–water partition coefficient (Wildman–Crippen LogP) is 3.76. The van der Waals surface area contributed by atoms with Crippen LogP contribution < -0.4 is 4.74 Å². The Balaban J connectivity index is 2.05. The van der Waals surface area contributed by atoms with Crippen LogP contribution in [-0.2, 0) is 6.61 Å². The number of halogens is 2. The molecule has 1 N–H and O–H groups in total. The third kappa shape index (κ3) is 3.11. The van der Waals surface area contributed by atoms with Crippen LogP contribution in [0, 0.1) is 5.82 Å². The second-order valence-electron chi connectivity index (χ2n) is 3.53. The van der Waals surface area contributed by atoms with E-state index in [4.69, 9.17) is 16.3 Å². The lowest BCUT2D eigenvalue weighted by molar-refractivity contribution is 0.304. The third-order valence-electron chi connectivity index (χ3n) is 2.21. The Kier molecular flexibility index (Phi) is 3.49. The highest BCUT2D eigenvalue weighted by molar-refractivity contribution is 6.30. The number of phenolic OH excluding ortho intramolecular Hbond substituents is 1. The van der Waals surface area contributed by atoms with Gasteiger partial charge in [-0.05, 0) is 29.8 Å². The molecule has 0 aliphatic heterocycles. The van der Waals surface area contributed by atoms with Crippen molar-refractivity contribution in [2.24, 2.45) is 0 Å². The van der Waals surface area contributed by atoms with Crippen LogP contribution in [0.15, 0.2) is 42.5 Å². The fourth-order valence-electron chi connectivity index (χ4n) is 1.38. The van der Waals surface area contributed by atoms with Gasteiger partial charge in [0.1, 0.15) is 23.9 Å². The molecule has 2 rings (SSSR count). The maximum Gasteiger partial charge on any atom is 0.145 e. The summed E-state index contributed by atoms with van der Waals surface area (Å²) in [6.45, 7) is 0.259. The molecule has 0 aliphatic rings. The van der Waals surface area contributed by atoms with Gasteiger partial charge in [0.25, 0.3) is 0 Å². The van der Waals surface area contributed by atoms with Crippen molar-refractivity contribution in [1.29, 1.82) is 0 Å². The highest BCUT2D eigenvalue weighted by Crippen LogP contribution is 2.21. The molecule has 0 aromatic heterocycles. The van der Waals surface area contributed by atoms with E-state index in [1.807, 2.05) is 6.07 Å². The van der Waals surface area contributed by atoms with Crippen molar-refractivity contribution in [3.63, 3.8) is 0 Å². The normalized spacial score (nSPS) is 10.2. The van der Waals surface area contributed by atoms with Gasteiger partial charge in [-0.25, -0.2) is 4.39 Å². The van der Waals surface area contributed by atoms with Crippen LogP contribution in [0.1, 0.15) is 5.56 Å². The smallest absolute Gasteiger partial charge is 0.145 e. The molecule has 0 radical (unpaired) electrons. The summed E-state index contributed by atoms with van der Waals surface area (Å²) in [6.07, 6.45) is 0. The number of benzene rings is 2. The Morgan fingerprint density at radius 2 is 2.00 bits per heavy atom. The molecule has 0 saturated carbocycles. The molecular formula is C13H10ClFO2. The molecule has 0 unspecified atom stereocenters. The summed E-state index contributed by atoms with van der Waals surface area (Å²) in [7, 11) is 0. The van der Waals surface area contributed by atoms with Gasteiger partial charge >= 0.3 is 0 Å². The number of aromatic hydroxyl groups is 1. The SMILES string of the molecule is Oc1cccc(COc2ccc(Cl)c(F)c2)c1. The van der Waals surface area contributed by atoms with E-state index >= 15 is 0 Å². The summed E-state index contributed by atoms with van der Waals surface area (Å²) in [5.74, 6) is 0.0590. The number of hydrogen-bond acceptors (Lipinski definition) is 2. The topological polar surface area (TPSA) is 29.5 Å². The average Bonchev–Trinajstić information content (AvgIpc) is 2.31. The van der Waals surface area contributed by atoms with Crippen molar-refractivity contribution < 1.29 is 14.2 Å². The minimum Gasteiger partial charge on any atom is -0.508 e. The van der Waals surface area contributed by atoms with Gasteiger partial charge in [-0.15, -0.1) is 0 Å². The molecule has 88 valence electrons. The van der Waals surface area contributed by atoms with Gasteiger partial charge in [0.2, 0.25) is 0 Å². The summed E-state index contributed by atoms with van der Waals surface area (Å²) in [5.41, 5.74) is 0.806. The van der Waals surface area contributed by atoms with Crippen molar-refractivity contribution in [2.75, 3.05) is 0 Å². The second-order valence-corrected chi connectivity index (χ2v) is 3.94. The first-order valence-electron chi connectivity index (χ1n) is 5.01. The maximum absolute atomic E-state index is 13.1. The number of rotatable bonds is 3. The highest BCUT2D eigenvalue weighted by Gasteiger charge is 2.02. The molecule has 0 fully saturated rings. The number of hydrogen-bond donors (Lipinski definition) is 1. The van der Waals surface area contributed by atoms with Crippen LogP contribution in [0.3, 0.4) is 0 Å². The summed E-state index contributed by atoms with van der Waals surface area (Å²) >= 11 is 5.55. The minimum atomic E-state index is -0.514. The van der Waals surface area contributed by atoms with Crippen molar-refractivity contribution in [3.05, 3.63) is 58.9 Å². The Bertz CT molecular complexity index is 529. The molecule has 4 heteroatoms. The molecule has 0 saturated heterocycles. The lowest BCUT2D eigenvalue weighted by Gasteiger charge is -2.07. The Hall–Kier alpha value is -1.74. The van der Waals surface area contributed by atoms with E-state index in [-0.39, 0.29) is 17.4 Å². The van der Waals surface area contributed by atoms with Gasteiger partial charge in [-0.2, -0.15) is 0 Å². The van der Waals surface area contributed by atoms with Crippen LogP contribution in [0.25, 0.3) is 0 Å². The average molecular weight is 253 g/mol. The van der Waals surface area contributed by atoms with E-state index in [2.05, 4.69) is 0 Å². The summed E-state index contributed by atoms with van der Waals surface area (Å²) in [6, 6.07) is 11.0. The van der Waals surface area contributed by atoms with Gasteiger partial charge in [0.05, 0.1) is 5.02 Å². The van der Waals surface area contributed by atoms with E-state index in [0.29, 0.717) is 5.75 Å². The van der Waals surface area contributed by atoms with E-state index in [0.717, 1.165) is 5.56 Å². The van der Waals surface area contributed by atoms with Crippen LogP contribution in [0.4, 0.5) is 4.39 Å². The van der Waals surface area contributed by atoms with Crippen LogP contribution in [0.5, 0.6) is 11.5 Å².